The van der Waals surface area contributed by atoms with Crippen molar-refractivity contribution >= 4 is 5.69 Å². The number of nitrogens with zero attached hydrogens (tertiary/aromatic N) is 2. The Kier molecular flexibility index (Phi) is 2.60. The van der Waals surface area contributed by atoms with E-state index < -0.39 is 4.92 Å². The van der Waals surface area contributed by atoms with Crippen LogP contribution in [-0.2, 0) is 6.42 Å². The van der Waals surface area contributed by atoms with Gasteiger partial charge in [0.25, 0.3) is 5.69 Å². The summed E-state index contributed by atoms with van der Waals surface area (Å²) in [6.45, 7) is 1.78. The minimum Gasteiger partial charge on any atom is -0.258 e. The second-order valence-electron chi connectivity index (χ2n) is 2.72. The molecule has 1 aromatic rings. The number of benzene rings is 1. The van der Waals surface area contributed by atoms with Gasteiger partial charge in [0.2, 0.25) is 0 Å². The molecule has 0 saturated heterocycles. The van der Waals surface area contributed by atoms with E-state index in [4.69, 9.17) is 5.26 Å². The third-order valence-corrected chi connectivity index (χ3v) is 1.71. The Labute approximate surface area is 75.6 Å². The number of rotatable bonds is 2. The monoisotopic (exact) mass is 176 g/mol. The van der Waals surface area contributed by atoms with Crippen LogP contribution in [-0.4, -0.2) is 4.92 Å². The predicted molar refractivity (Wildman–Crippen MR) is 47.2 cm³/mol. The van der Waals surface area contributed by atoms with Gasteiger partial charge in [-0.3, -0.25) is 10.1 Å². The van der Waals surface area contributed by atoms with Crippen molar-refractivity contribution < 1.29 is 4.92 Å². The van der Waals surface area contributed by atoms with Gasteiger partial charge < -0.3 is 0 Å². The normalized spacial score (nSPS) is 9.23. The summed E-state index contributed by atoms with van der Waals surface area (Å²) in [5.74, 6) is 0. The summed E-state index contributed by atoms with van der Waals surface area (Å²) in [5, 5.41) is 19.0. The second-order valence-corrected chi connectivity index (χ2v) is 2.72. The molecule has 0 aliphatic rings. The highest BCUT2D eigenvalue weighted by atomic mass is 16.6. The van der Waals surface area contributed by atoms with Gasteiger partial charge in [-0.2, -0.15) is 5.26 Å². The van der Waals surface area contributed by atoms with E-state index in [-0.39, 0.29) is 12.1 Å². The van der Waals surface area contributed by atoms with Crippen LogP contribution < -0.4 is 0 Å². The standard InChI is InChI=1S/C9H8N2O2/c1-7-2-3-8(4-5-10)9(6-7)11(12)13/h2-3,6H,4H2,1H3. The molecule has 1 rings (SSSR count). The van der Waals surface area contributed by atoms with Gasteiger partial charge >= 0.3 is 0 Å². The van der Waals surface area contributed by atoms with Crippen molar-refractivity contribution in [3.05, 3.63) is 39.4 Å². The van der Waals surface area contributed by atoms with Crippen molar-refractivity contribution in [2.45, 2.75) is 13.3 Å². The van der Waals surface area contributed by atoms with Gasteiger partial charge in [0.05, 0.1) is 17.4 Å². The molecule has 0 unspecified atom stereocenters. The minimum absolute atomic E-state index is 0.0292. The van der Waals surface area contributed by atoms with Crippen LogP contribution in [0.4, 0.5) is 5.69 Å². The first-order valence-corrected chi connectivity index (χ1v) is 3.76. The lowest BCUT2D eigenvalue weighted by molar-refractivity contribution is -0.385. The Morgan fingerprint density at radius 2 is 2.31 bits per heavy atom. The van der Waals surface area contributed by atoms with Crippen LogP contribution in [0.5, 0.6) is 0 Å². The molecule has 4 heteroatoms. The van der Waals surface area contributed by atoms with Crippen LogP contribution in [0.15, 0.2) is 18.2 Å². The number of nitro benzene ring substituents is 1. The van der Waals surface area contributed by atoms with Crippen LogP contribution >= 0.6 is 0 Å². The molecule has 0 radical (unpaired) electrons. The van der Waals surface area contributed by atoms with Crippen LogP contribution in [0.3, 0.4) is 0 Å². The molecule has 0 aliphatic heterocycles. The lowest BCUT2D eigenvalue weighted by atomic mass is 10.1. The summed E-state index contributed by atoms with van der Waals surface area (Å²) in [5.41, 5.74) is 1.33. The number of nitro groups is 1. The summed E-state index contributed by atoms with van der Waals surface area (Å²) in [6.07, 6.45) is 0.0800. The zero-order chi connectivity index (χ0) is 9.84. The van der Waals surface area contributed by atoms with E-state index in [1.54, 1.807) is 19.1 Å². The molecule has 0 spiro atoms. The second kappa shape index (κ2) is 3.68. The number of hydrogen-bond donors (Lipinski definition) is 0. The summed E-state index contributed by atoms with van der Waals surface area (Å²) in [7, 11) is 0. The van der Waals surface area contributed by atoms with Crippen LogP contribution in [0.2, 0.25) is 0 Å². The van der Waals surface area contributed by atoms with Crippen molar-refractivity contribution in [3.8, 4) is 6.07 Å². The summed E-state index contributed by atoms with van der Waals surface area (Å²) < 4.78 is 0. The Hall–Kier alpha value is -1.89. The van der Waals surface area contributed by atoms with Gasteiger partial charge in [-0.25, -0.2) is 0 Å². The topological polar surface area (TPSA) is 66.9 Å². The average molecular weight is 176 g/mol. The quantitative estimate of drug-likeness (QED) is 0.511. The molecule has 13 heavy (non-hydrogen) atoms. The molecule has 0 heterocycles. The van der Waals surface area contributed by atoms with E-state index in [2.05, 4.69) is 0 Å². The molecular weight excluding hydrogens is 168 g/mol. The fraction of sp³-hybridized carbons (Fsp3) is 0.222. The van der Waals surface area contributed by atoms with E-state index in [1.807, 2.05) is 6.07 Å². The van der Waals surface area contributed by atoms with Gasteiger partial charge in [0.15, 0.2) is 0 Å². The largest absolute Gasteiger partial charge is 0.273 e. The average Bonchev–Trinajstić information content (AvgIpc) is 2.08. The van der Waals surface area contributed by atoms with Crippen molar-refractivity contribution in [3.63, 3.8) is 0 Å². The summed E-state index contributed by atoms with van der Waals surface area (Å²) in [4.78, 5) is 10.1. The Balaban J connectivity index is 3.20. The Morgan fingerprint density at radius 3 is 2.85 bits per heavy atom. The molecule has 0 atom stereocenters. The molecule has 0 aromatic heterocycles. The third kappa shape index (κ3) is 2.03. The fourth-order valence-corrected chi connectivity index (χ4v) is 1.08. The van der Waals surface area contributed by atoms with E-state index in [1.165, 1.54) is 6.07 Å². The highest BCUT2D eigenvalue weighted by molar-refractivity contribution is 5.44. The lowest BCUT2D eigenvalue weighted by Gasteiger charge is -1.98. The zero-order valence-electron chi connectivity index (χ0n) is 7.15. The van der Waals surface area contributed by atoms with E-state index >= 15 is 0 Å². The highest BCUT2D eigenvalue weighted by Crippen LogP contribution is 2.19. The predicted octanol–water partition coefficient (Wildman–Crippen LogP) is 1.97. The molecule has 0 aliphatic carbocycles. The molecule has 1 aromatic carbocycles. The van der Waals surface area contributed by atoms with Gasteiger partial charge in [0.1, 0.15) is 0 Å². The maximum Gasteiger partial charge on any atom is 0.273 e. The molecular formula is C9H8N2O2. The first-order chi connectivity index (χ1) is 6.15. The van der Waals surface area contributed by atoms with Crippen molar-refractivity contribution in [2.75, 3.05) is 0 Å². The van der Waals surface area contributed by atoms with Crippen LogP contribution in [0, 0.1) is 28.4 Å². The molecule has 0 fully saturated rings. The van der Waals surface area contributed by atoms with Crippen molar-refractivity contribution in [1.29, 1.82) is 5.26 Å². The maximum absolute atomic E-state index is 10.5. The van der Waals surface area contributed by atoms with Crippen molar-refractivity contribution in [2.24, 2.45) is 0 Å². The fourth-order valence-electron chi connectivity index (χ4n) is 1.08. The lowest BCUT2D eigenvalue weighted by Crippen LogP contribution is -1.95. The van der Waals surface area contributed by atoms with E-state index in [0.29, 0.717) is 5.56 Å². The molecule has 0 saturated carbocycles. The van der Waals surface area contributed by atoms with E-state index in [0.717, 1.165) is 5.56 Å². The Bertz CT molecular complexity index is 380. The van der Waals surface area contributed by atoms with E-state index in [9.17, 15) is 10.1 Å². The van der Waals surface area contributed by atoms with Gasteiger partial charge in [-0.1, -0.05) is 12.1 Å². The number of aryl methyl sites for hydroxylation is 1. The SMILES string of the molecule is Cc1ccc(CC#N)c([N+](=O)[O-])c1. The van der Waals surface area contributed by atoms with Gasteiger partial charge in [-0.05, 0) is 12.5 Å². The Morgan fingerprint density at radius 1 is 1.62 bits per heavy atom. The zero-order valence-corrected chi connectivity index (χ0v) is 7.15. The van der Waals surface area contributed by atoms with Crippen LogP contribution in [0.25, 0.3) is 0 Å². The first kappa shape index (κ1) is 9.20. The molecule has 66 valence electrons. The number of hydrogen-bond acceptors (Lipinski definition) is 3. The smallest absolute Gasteiger partial charge is 0.258 e. The summed E-state index contributed by atoms with van der Waals surface area (Å²) >= 11 is 0. The molecule has 0 N–H and O–H groups in total. The van der Waals surface area contributed by atoms with Crippen molar-refractivity contribution in [1.82, 2.24) is 0 Å². The molecule has 0 bridgehead atoms. The number of nitriles is 1. The van der Waals surface area contributed by atoms with Gasteiger partial charge in [-0.15, -0.1) is 0 Å². The summed E-state index contributed by atoms with van der Waals surface area (Å²) in [6, 6.07) is 6.76. The van der Waals surface area contributed by atoms with Gasteiger partial charge in [0, 0.05) is 11.6 Å². The third-order valence-electron chi connectivity index (χ3n) is 1.71. The molecule has 0 amide bonds. The molecule has 4 nitrogen and oxygen atoms in total. The maximum atomic E-state index is 10.5. The first-order valence-electron chi connectivity index (χ1n) is 3.76. The van der Waals surface area contributed by atoms with Crippen LogP contribution in [0.1, 0.15) is 11.1 Å². The minimum atomic E-state index is -0.459. The highest BCUT2D eigenvalue weighted by Gasteiger charge is 2.12.